The van der Waals surface area contributed by atoms with E-state index in [-0.39, 0.29) is 23.7 Å². The van der Waals surface area contributed by atoms with Gasteiger partial charge in [-0.1, -0.05) is 6.92 Å². The van der Waals surface area contributed by atoms with Crippen molar-refractivity contribution in [3.05, 3.63) is 30.1 Å². The smallest absolute Gasteiger partial charge is 0.231 e. The molecule has 1 fully saturated rings. The zero-order valence-corrected chi connectivity index (χ0v) is 10.3. The van der Waals surface area contributed by atoms with Crippen LogP contribution in [0.15, 0.2) is 24.3 Å². The van der Waals surface area contributed by atoms with Gasteiger partial charge in [0.25, 0.3) is 0 Å². The van der Waals surface area contributed by atoms with Crippen molar-refractivity contribution >= 4 is 11.6 Å². The summed E-state index contributed by atoms with van der Waals surface area (Å²) in [6.45, 7) is 3.77. The molecule has 2 atom stereocenters. The molecule has 0 bridgehead atoms. The van der Waals surface area contributed by atoms with Gasteiger partial charge < -0.3 is 15.4 Å². The van der Waals surface area contributed by atoms with Gasteiger partial charge in [0.1, 0.15) is 5.82 Å². The minimum atomic E-state index is -0.317. The van der Waals surface area contributed by atoms with E-state index < -0.39 is 0 Å². The summed E-state index contributed by atoms with van der Waals surface area (Å²) < 4.78 is 18.1. The summed E-state index contributed by atoms with van der Waals surface area (Å²) >= 11 is 0. The Morgan fingerprint density at radius 2 is 2.11 bits per heavy atom. The van der Waals surface area contributed by atoms with Crippen LogP contribution in [0.25, 0.3) is 0 Å². The predicted molar refractivity (Wildman–Crippen MR) is 66.8 cm³/mol. The van der Waals surface area contributed by atoms with Crippen LogP contribution in [0.5, 0.6) is 0 Å². The summed E-state index contributed by atoms with van der Waals surface area (Å²) in [7, 11) is 0. The number of hydrogen-bond donors (Lipinski definition) is 2. The van der Waals surface area contributed by atoms with E-state index in [2.05, 4.69) is 10.6 Å². The van der Waals surface area contributed by atoms with Gasteiger partial charge in [-0.15, -0.1) is 0 Å². The maximum Gasteiger partial charge on any atom is 0.231 e. The summed E-state index contributed by atoms with van der Waals surface area (Å²) in [5.41, 5.74) is 0.601. The molecule has 2 unspecified atom stereocenters. The van der Waals surface area contributed by atoms with Crippen LogP contribution in [-0.2, 0) is 9.53 Å². The highest BCUT2D eigenvalue weighted by molar-refractivity contribution is 5.93. The first-order valence-corrected chi connectivity index (χ1v) is 6.08. The molecule has 1 aromatic rings. The van der Waals surface area contributed by atoms with E-state index in [1.807, 2.05) is 6.92 Å². The van der Waals surface area contributed by atoms with E-state index in [1.54, 1.807) is 12.1 Å². The van der Waals surface area contributed by atoms with E-state index in [9.17, 15) is 9.18 Å². The Morgan fingerprint density at radius 1 is 1.39 bits per heavy atom. The first-order valence-electron chi connectivity index (χ1n) is 6.08. The van der Waals surface area contributed by atoms with Crippen LogP contribution < -0.4 is 10.6 Å². The number of nitrogens with one attached hydrogen (secondary N) is 2. The second-order valence-corrected chi connectivity index (χ2v) is 4.30. The standard InChI is InChI=1S/C13H17FN2O2/c1-2-15-12-8-18-7-11(12)13(17)16-10-5-3-9(14)4-6-10/h3-6,11-12,15H,2,7-8H2,1H3,(H,16,17). The molecular formula is C13H17FN2O2. The SMILES string of the molecule is CCNC1COCC1C(=O)Nc1ccc(F)cc1. The molecule has 0 aromatic heterocycles. The molecule has 1 saturated heterocycles. The summed E-state index contributed by atoms with van der Waals surface area (Å²) in [6, 6.07) is 5.79. The first kappa shape index (κ1) is 13.0. The van der Waals surface area contributed by atoms with Crippen LogP contribution >= 0.6 is 0 Å². The van der Waals surface area contributed by atoms with Gasteiger partial charge in [0.15, 0.2) is 0 Å². The number of carbonyl (C=O) groups excluding carboxylic acids is 1. The number of hydrogen-bond acceptors (Lipinski definition) is 3. The minimum Gasteiger partial charge on any atom is -0.379 e. The van der Waals surface area contributed by atoms with Gasteiger partial charge in [0.2, 0.25) is 5.91 Å². The number of anilines is 1. The van der Waals surface area contributed by atoms with Crippen molar-refractivity contribution in [1.82, 2.24) is 5.32 Å². The molecular weight excluding hydrogens is 235 g/mol. The lowest BCUT2D eigenvalue weighted by atomic mass is 10.0. The molecule has 1 aliphatic rings. The van der Waals surface area contributed by atoms with Crippen LogP contribution in [-0.4, -0.2) is 31.7 Å². The molecule has 0 spiro atoms. The molecule has 0 aliphatic carbocycles. The molecule has 98 valence electrons. The average Bonchev–Trinajstić information content (AvgIpc) is 2.81. The number of halogens is 1. The van der Waals surface area contributed by atoms with Crippen molar-refractivity contribution in [3.63, 3.8) is 0 Å². The Kier molecular flexibility index (Phi) is 4.28. The van der Waals surface area contributed by atoms with Gasteiger partial charge in [0, 0.05) is 11.7 Å². The molecule has 1 amide bonds. The Balaban J connectivity index is 1.96. The fraction of sp³-hybridized carbons (Fsp3) is 0.462. The van der Waals surface area contributed by atoms with Crippen LogP contribution in [0.3, 0.4) is 0 Å². The first-order chi connectivity index (χ1) is 8.70. The fourth-order valence-electron chi connectivity index (χ4n) is 2.04. The maximum atomic E-state index is 12.7. The second kappa shape index (κ2) is 5.93. The molecule has 1 aromatic carbocycles. The van der Waals surface area contributed by atoms with Gasteiger partial charge in [-0.2, -0.15) is 0 Å². The molecule has 1 heterocycles. The van der Waals surface area contributed by atoms with E-state index >= 15 is 0 Å². The highest BCUT2D eigenvalue weighted by atomic mass is 19.1. The second-order valence-electron chi connectivity index (χ2n) is 4.30. The zero-order valence-electron chi connectivity index (χ0n) is 10.3. The Morgan fingerprint density at radius 3 is 2.78 bits per heavy atom. The zero-order chi connectivity index (χ0) is 13.0. The summed E-state index contributed by atoms with van der Waals surface area (Å²) in [5.74, 6) is -0.609. The quantitative estimate of drug-likeness (QED) is 0.851. The lowest BCUT2D eigenvalue weighted by Crippen LogP contribution is -2.41. The van der Waals surface area contributed by atoms with Crippen molar-refractivity contribution in [2.45, 2.75) is 13.0 Å². The van der Waals surface area contributed by atoms with E-state index in [0.29, 0.717) is 18.9 Å². The maximum absolute atomic E-state index is 12.7. The summed E-state index contributed by atoms with van der Waals surface area (Å²) in [5, 5.41) is 6.00. The predicted octanol–water partition coefficient (Wildman–Crippen LogP) is 1.39. The number of likely N-dealkylation sites (N-methyl/N-ethyl adjacent to an activating group) is 1. The molecule has 0 saturated carbocycles. The van der Waals surface area contributed by atoms with Crippen molar-refractivity contribution in [3.8, 4) is 0 Å². The topological polar surface area (TPSA) is 50.4 Å². The summed E-state index contributed by atoms with van der Waals surface area (Å²) in [6.07, 6.45) is 0. The van der Waals surface area contributed by atoms with Crippen LogP contribution in [0.4, 0.5) is 10.1 Å². The monoisotopic (exact) mass is 252 g/mol. The molecule has 18 heavy (non-hydrogen) atoms. The number of ether oxygens (including phenoxy) is 1. The molecule has 0 radical (unpaired) electrons. The highest BCUT2D eigenvalue weighted by Gasteiger charge is 2.33. The summed E-state index contributed by atoms with van der Waals surface area (Å²) in [4.78, 5) is 12.1. The van der Waals surface area contributed by atoms with Gasteiger partial charge in [-0.05, 0) is 30.8 Å². The average molecular weight is 252 g/mol. The number of benzene rings is 1. The third-order valence-electron chi connectivity index (χ3n) is 3.00. The molecule has 1 aliphatic heterocycles. The van der Waals surface area contributed by atoms with Gasteiger partial charge >= 0.3 is 0 Å². The number of amides is 1. The lowest BCUT2D eigenvalue weighted by Gasteiger charge is -2.17. The van der Waals surface area contributed by atoms with E-state index in [0.717, 1.165) is 6.54 Å². The Hall–Kier alpha value is -1.46. The van der Waals surface area contributed by atoms with Crippen LogP contribution in [0.1, 0.15) is 6.92 Å². The normalized spacial score (nSPS) is 23.0. The van der Waals surface area contributed by atoms with Crippen molar-refractivity contribution in [1.29, 1.82) is 0 Å². The fourth-order valence-corrected chi connectivity index (χ4v) is 2.04. The largest absolute Gasteiger partial charge is 0.379 e. The molecule has 2 rings (SSSR count). The van der Waals surface area contributed by atoms with E-state index in [1.165, 1.54) is 12.1 Å². The van der Waals surface area contributed by atoms with Gasteiger partial charge in [-0.25, -0.2) is 4.39 Å². The lowest BCUT2D eigenvalue weighted by molar-refractivity contribution is -0.120. The third kappa shape index (κ3) is 3.05. The molecule has 5 heteroatoms. The van der Waals surface area contributed by atoms with Gasteiger partial charge in [-0.3, -0.25) is 4.79 Å². The molecule has 2 N–H and O–H groups in total. The number of carbonyl (C=O) groups is 1. The molecule has 4 nitrogen and oxygen atoms in total. The highest BCUT2D eigenvalue weighted by Crippen LogP contribution is 2.17. The van der Waals surface area contributed by atoms with Crippen LogP contribution in [0, 0.1) is 11.7 Å². The van der Waals surface area contributed by atoms with Crippen molar-refractivity contribution in [2.24, 2.45) is 5.92 Å². The Labute approximate surface area is 106 Å². The Bertz CT molecular complexity index is 408. The number of rotatable bonds is 4. The third-order valence-corrected chi connectivity index (χ3v) is 3.00. The van der Waals surface area contributed by atoms with Crippen molar-refractivity contribution in [2.75, 3.05) is 25.1 Å². The van der Waals surface area contributed by atoms with Gasteiger partial charge in [0.05, 0.1) is 19.1 Å². The van der Waals surface area contributed by atoms with Crippen LogP contribution in [0.2, 0.25) is 0 Å². The minimum absolute atomic E-state index is 0.0513. The van der Waals surface area contributed by atoms with E-state index in [4.69, 9.17) is 4.74 Å². The van der Waals surface area contributed by atoms with Crippen molar-refractivity contribution < 1.29 is 13.9 Å².